The van der Waals surface area contributed by atoms with E-state index in [1.807, 2.05) is 0 Å². The van der Waals surface area contributed by atoms with Crippen molar-refractivity contribution >= 4 is 17.9 Å². The van der Waals surface area contributed by atoms with Crippen LogP contribution in [0.1, 0.15) is 14.3 Å². The predicted molar refractivity (Wildman–Crippen MR) is 66.2 cm³/mol. The zero-order valence-corrected chi connectivity index (χ0v) is 11.9. The van der Waals surface area contributed by atoms with E-state index in [9.17, 15) is 18.8 Å². The SMILES string of the molecule is NC(=O)[C@@H]1C(C2CC2)=C[C@@H]2CN1C(=O)N2O[C@H](F)C(=O)O.[H-].[Li+]. The van der Waals surface area contributed by atoms with E-state index in [-0.39, 0.29) is 32.7 Å². The van der Waals surface area contributed by atoms with E-state index in [0.717, 1.165) is 18.4 Å². The molecule has 1 saturated carbocycles. The van der Waals surface area contributed by atoms with E-state index in [2.05, 4.69) is 4.84 Å². The topological polar surface area (TPSA) is 113 Å². The summed E-state index contributed by atoms with van der Waals surface area (Å²) < 4.78 is 13.2. The van der Waals surface area contributed by atoms with Gasteiger partial charge in [0.15, 0.2) is 0 Å². The average Bonchev–Trinajstić information content (AvgIpc) is 3.23. The summed E-state index contributed by atoms with van der Waals surface area (Å²) in [5.74, 6) is -2.28. The molecule has 8 nitrogen and oxygen atoms in total. The maximum absolute atomic E-state index is 13.2. The minimum atomic E-state index is -2.64. The molecule has 1 aliphatic carbocycles. The molecule has 3 N–H and O–H groups in total. The Hall–Kier alpha value is -1.56. The Labute approximate surface area is 138 Å². The van der Waals surface area contributed by atoms with Gasteiger partial charge in [-0.25, -0.2) is 18.8 Å². The third kappa shape index (κ3) is 2.72. The summed E-state index contributed by atoms with van der Waals surface area (Å²) in [6.07, 6.45) is 0.848. The molecule has 2 heterocycles. The number of nitrogens with zero attached hydrogens (tertiary/aromatic N) is 2. The Kier molecular flexibility index (Phi) is 4.51. The number of alkyl halides is 1. The molecule has 3 amide bonds. The molecule has 116 valence electrons. The Bertz CT molecular complexity index is 559. The van der Waals surface area contributed by atoms with Crippen LogP contribution >= 0.6 is 0 Å². The maximum atomic E-state index is 13.2. The molecule has 1 saturated heterocycles. The number of fused-ring (bicyclic) bond motifs is 2. The van der Waals surface area contributed by atoms with Crippen molar-refractivity contribution in [2.75, 3.05) is 6.54 Å². The van der Waals surface area contributed by atoms with Gasteiger partial charge in [-0.1, -0.05) is 6.08 Å². The van der Waals surface area contributed by atoms with Gasteiger partial charge in [0.2, 0.25) is 5.91 Å². The van der Waals surface area contributed by atoms with Crippen molar-refractivity contribution in [3.63, 3.8) is 0 Å². The van der Waals surface area contributed by atoms with Crippen LogP contribution in [0.2, 0.25) is 0 Å². The number of primary amides is 1. The number of carboxylic acids is 1. The Morgan fingerprint density at radius 1 is 1.50 bits per heavy atom. The number of carboxylic acid groups (broad SMARTS) is 1. The zero-order chi connectivity index (χ0) is 15.3. The maximum Gasteiger partial charge on any atom is 1.00 e. The minimum Gasteiger partial charge on any atom is -1.00 e. The van der Waals surface area contributed by atoms with Crippen molar-refractivity contribution in [1.82, 2.24) is 9.96 Å². The van der Waals surface area contributed by atoms with Crippen molar-refractivity contribution in [2.45, 2.75) is 31.3 Å². The summed E-state index contributed by atoms with van der Waals surface area (Å²) in [4.78, 5) is 40.1. The number of halogens is 1. The standard InChI is InChI=1S/C12H14FN3O5.Li.H/c13-9(11(18)19)21-16-6-3-7(5-1-2-5)8(10(14)17)15(4-6)12(16)20;;/h3,5-6,8-9H,1-2,4H2,(H2,14,17)(H,18,19);;/q;+1;-1/t6-,8+,9+;;/m1../s1. The number of nitrogens with two attached hydrogens (primary N) is 1. The van der Waals surface area contributed by atoms with E-state index >= 15 is 0 Å². The van der Waals surface area contributed by atoms with Crippen molar-refractivity contribution in [3.8, 4) is 0 Å². The van der Waals surface area contributed by atoms with Gasteiger partial charge in [0.25, 0.3) is 0 Å². The van der Waals surface area contributed by atoms with Gasteiger partial charge in [-0.05, 0) is 24.3 Å². The molecular weight excluding hydrogens is 292 g/mol. The predicted octanol–water partition coefficient (Wildman–Crippen LogP) is -3.28. The molecule has 0 aromatic carbocycles. The van der Waals surface area contributed by atoms with Gasteiger partial charge in [0, 0.05) is 0 Å². The number of aliphatic carboxylic acids is 1. The van der Waals surface area contributed by atoms with Gasteiger partial charge >= 0.3 is 37.2 Å². The summed E-state index contributed by atoms with van der Waals surface area (Å²) in [6, 6.07) is -2.22. The van der Waals surface area contributed by atoms with Gasteiger partial charge in [-0.15, -0.1) is 0 Å². The molecule has 3 rings (SSSR count). The first-order valence-electron chi connectivity index (χ1n) is 6.54. The molecule has 10 heteroatoms. The number of carbonyl (C=O) groups is 3. The van der Waals surface area contributed by atoms with Crippen molar-refractivity contribution < 1.29 is 49.0 Å². The van der Waals surface area contributed by atoms with E-state index in [1.54, 1.807) is 6.08 Å². The molecule has 0 aromatic rings. The van der Waals surface area contributed by atoms with E-state index in [1.165, 1.54) is 4.90 Å². The molecule has 3 atom stereocenters. The van der Waals surface area contributed by atoms with Crippen LogP contribution in [0, 0.1) is 5.92 Å². The fraction of sp³-hybridized carbons (Fsp3) is 0.583. The van der Waals surface area contributed by atoms with Crippen LogP contribution in [0.3, 0.4) is 0 Å². The Balaban J connectivity index is 0.00000132. The number of hydrogen-bond acceptors (Lipinski definition) is 4. The number of amides is 3. The van der Waals surface area contributed by atoms with Crippen LogP contribution in [-0.2, 0) is 14.4 Å². The number of hydroxylamine groups is 2. The quantitative estimate of drug-likeness (QED) is 0.408. The monoisotopic (exact) mass is 307 g/mol. The van der Waals surface area contributed by atoms with Crippen LogP contribution in [0.25, 0.3) is 0 Å². The first kappa shape index (κ1) is 16.8. The Morgan fingerprint density at radius 2 is 2.14 bits per heavy atom. The van der Waals surface area contributed by atoms with Gasteiger partial charge < -0.3 is 17.2 Å². The molecule has 2 fully saturated rings. The zero-order valence-electron chi connectivity index (χ0n) is 12.9. The second-order valence-electron chi connectivity index (χ2n) is 5.33. The first-order chi connectivity index (χ1) is 9.90. The minimum absolute atomic E-state index is 0. The van der Waals surface area contributed by atoms with Gasteiger partial charge in [-0.3, -0.25) is 4.79 Å². The van der Waals surface area contributed by atoms with Crippen LogP contribution in [0.5, 0.6) is 0 Å². The molecule has 0 aromatic heterocycles. The van der Waals surface area contributed by atoms with Gasteiger partial charge in [-0.2, -0.15) is 5.06 Å². The fourth-order valence-electron chi connectivity index (χ4n) is 2.81. The number of urea groups is 1. The molecule has 0 spiro atoms. The van der Waals surface area contributed by atoms with E-state index in [4.69, 9.17) is 10.8 Å². The first-order valence-corrected chi connectivity index (χ1v) is 6.54. The Morgan fingerprint density at radius 3 is 2.64 bits per heavy atom. The van der Waals surface area contributed by atoms with Crippen molar-refractivity contribution in [1.29, 1.82) is 0 Å². The third-order valence-electron chi connectivity index (χ3n) is 3.85. The molecule has 0 unspecified atom stereocenters. The summed E-state index contributed by atoms with van der Waals surface area (Å²) >= 11 is 0. The molecule has 22 heavy (non-hydrogen) atoms. The summed E-state index contributed by atoms with van der Waals surface area (Å²) in [7, 11) is 0. The summed E-state index contributed by atoms with van der Waals surface area (Å²) in [5, 5.41) is 9.19. The second-order valence-corrected chi connectivity index (χ2v) is 5.33. The fourth-order valence-corrected chi connectivity index (χ4v) is 2.81. The normalized spacial score (nSPS) is 28.0. The summed E-state index contributed by atoms with van der Waals surface area (Å²) in [6.45, 7) is 0.120. The smallest absolute Gasteiger partial charge is 1.00 e. The van der Waals surface area contributed by atoms with Crippen molar-refractivity contribution in [3.05, 3.63) is 11.6 Å². The van der Waals surface area contributed by atoms with E-state index in [0.29, 0.717) is 5.06 Å². The number of carbonyl (C=O) groups excluding carboxylic acids is 2. The second kappa shape index (κ2) is 5.91. The van der Waals surface area contributed by atoms with Crippen LogP contribution in [0.15, 0.2) is 11.6 Å². The third-order valence-corrected chi connectivity index (χ3v) is 3.85. The summed E-state index contributed by atoms with van der Waals surface area (Å²) in [5.41, 5.74) is 6.10. The van der Waals surface area contributed by atoms with Crippen molar-refractivity contribution in [2.24, 2.45) is 11.7 Å². The largest absolute Gasteiger partial charge is 1.00 e. The molecule has 3 aliphatic rings. The molecule has 2 aliphatic heterocycles. The van der Waals surface area contributed by atoms with Crippen LogP contribution in [0.4, 0.5) is 9.18 Å². The average molecular weight is 307 g/mol. The van der Waals surface area contributed by atoms with Gasteiger partial charge in [0.1, 0.15) is 6.04 Å². The van der Waals surface area contributed by atoms with Gasteiger partial charge in [0.05, 0.1) is 12.6 Å². The van der Waals surface area contributed by atoms with Crippen LogP contribution < -0.4 is 24.6 Å². The number of hydrogen-bond donors (Lipinski definition) is 2. The molecular formula is C12H15FLiN3O5. The molecule has 0 radical (unpaired) electrons. The van der Waals surface area contributed by atoms with E-state index < -0.39 is 36.3 Å². The van der Waals surface area contributed by atoms with Crippen LogP contribution in [-0.4, -0.2) is 58.0 Å². The number of rotatable bonds is 5. The molecule has 2 bridgehead atoms.